The highest BCUT2D eigenvalue weighted by atomic mass is 19.1. The summed E-state index contributed by atoms with van der Waals surface area (Å²) in [4.78, 5) is 23.2. The third-order valence-electron chi connectivity index (χ3n) is 6.90. The van der Waals surface area contributed by atoms with Crippen molar-refractivity contribution in [1.29, 1.82) is 5.41 Å². The maximum Gasteiger partial charge on any atom is 0.269 e. The Morgan fingerprint density at radius 2 is 2.03 bits per heavy atom. The number of fused-ring (bicyclic) bond motifs is 5. The Bertz CT molecular complexity index is 1610. The molecule has 0 bridgehead atoms. The standard InChI is InChI=1S/C28H23FN6O4/c1-16-4-3-5-22(32-16)39-21-11-10-19-23-20(14-34-12-13-38-28(34)24(19)25(21)29)27(31-15-30)33(2)26(23)17-6-8-18(9-7-17)35(36)37/h3-11,14-15,28,30H,12-13H2,1-2H3. The number of ether oxygens (including phenoxy) is 2. The van der Waals surface area contributed by atoms with Crippen LogP contribution in [0.4, 0.5) is 10.1 Å². The molecule has 196 valence electrons. The fourth-order valence-electron chi connectivity index (χ4n) is 5.21. The lowest BCUT2D eigenvalue weighted by molar-refractivity contribution is -0.384. The Hall–Kier alpha value is -4.90. The maximum atomic E-state index is 16.4. The van der Waals surface area contributed by atoms with Crippen LogP contribution in [0.15, 0.2) is 71.4 Å². The molecule has 2 aromatic carbocycles. The molecule has 1 N–H and O–H groups in total. The first-order valence-corrected chi connectivity index (χ1v) is 12.2. The summed E-state index contributed by atoms with van der Waals surface area (Å²) in [5, 5.41) is 18.9. The van der Waals surface area contributed by atoms with Gasteiger partial charge in [0, 0.05) is 60.4 Å². The minimum atomic E-state index is -0.704. The highest BCUT2D eigenvalue weighted by Crippen LogP contribution is 2.49. The van der Waals surface area contributed by atoms with E-state index in [-0.39, 0.29) is 17.3 Å². The van der Waals surface area contributed by atoms with Gasteiger partial charge in [-0.15, -0.1) is 0 Å². The molecule has 1 saturated heterocycles. The molecule has 1 unspecified atom stereocenters. The van der Waals surface area contributed by atoms with Crippen molar-refractivity contribution in [2.45, 2.75) is 13.2 Å². The lowest BCUT2D eigenvalue weighted by Crippen LogP contribution is -2.23. The summed E-state index contributed by atoms with van der Waals surface area (Å²) in [5.41, 5.74) is 4.31. The van der Waals surface area contributed by atoms with E-state index in [0.29, 0.717) is 52.5 Å². The van der Waals surface area contributed by atoms with Gasteiger partial charge in [-0.1, -0.05) is 6.07 Å². The smallest absolute Gasteiger partial charge is 0.269 e. The fourth-order valence-corrected chi connectivity index (χ4v) is 5.21. The lowest BCUT2D eigenvalue weighted by atomic mass is 9.92. The van der Waals surface area contributed by atoms with Crippen molar-refractivity contribution in [3.8, 4) is 11.6 Å². The normalized spacial score (nSPS) is 18.9. The largest absolute Gasteiger partial charge is 0.436 e. The molecule has 6 rings (SSSR count). The predicted molar refractivity (Wildman–Crippen MR) is 143 cm³/mol. The number of hydrogen-bond donors (Lipinski definition) is 1. The van der Waals surface area contributed by atoms with Gasteiger partial charge in [0.2, 0.25) is 5.88 Å². The quantitative estimate of drug-likeness (QED) is 0.208. The molecule has 10 nitrogen and oxygen atoms in total. The van der Waals surface area contributed by atoms with Crippen LogP contribution in [0, 0.1) is 28.3 Å². The number of nitro benzene ring substituents is 1. The van der Waals surface area contributed by atoms with E-state index in [0.717, 1.165) is 12.0 Å². The molecule has 0 spiro atoms. The maximum absolute atomic E-state index is 16.4. The van der Waals surface area contributed by atoms with Crippen LogP contribution >= 0.6 is 0 Å². The van der Waals surface area contributed by atoms with E-state index in [4.69, 9.17) is 14.9 Å². The Balaban J connectivity index is 1.59. The van der Waals surface area contributed by atoms with Gasteiger partial charge in [-0.2, -0.15) is 0 Å². The molecule has 11 heteroatoms. The number of aliphatic imine (C=N–C) groups is 1. The first-order valence-electron chi connectivity index (χ1n) is 12.2. The number of aromatic nitrogens is 1. The van der Waals surface area contributed by atoms with E-state index in [1.54, 1.807) is 43.4 Å². The van der Waals surface area contributed by atoms with Crippen molar-refractivity contribution in [2.75, 3.05) is 20.2 Å². The van der Waals surface area contributed by atoms with Crippen molar-refractivity contribution in [3.05, 3.63) is 105 Å². The number of benzene rings is 2. The summed E-state index contributed by atoms with van der Waals surface area (Å²) in [7, 11) is 1.80. The number of likely N-dealkylation sites (N-methyl/N-ethyl adjacent to an activating group) is 1. The van der Waals surface area contributed by atoms with Gasteiger partial charge in [0.25, 0.3) is 5.69 Å². The highest BCUT2D eigenvalue weighted by molar-refractivity contribution is 6.27. The number of halogens is 1. The van der Waals surface area contributed by atoms with E-state index >= 15 is 4.39 Å². The minimum Gasteiger partial charge on any atom is -0.436 e. The molecule has 3 aliphatic rings. The zero-order chi connectivity index (χ0) is 27.3. The Kier molecular flexibility index (Phi) is 5.92. The molecule has 0 saturated carbocycles. The van der Waals surface area contributed by atoms with Gasteiger partial charge < -0.3 is 19.3 Å². The zero-order valence-corrected chi connectivity index (χ0v) is 21.1. The minimum absolute atomic E-state index is 0.0166. The summed E-state index contributed by atoms with van der Waals surface area (Å²) in [6, 6.07) is 14.8. The van der Waals surface area contributed by atoms with Crippen molar-refractivity contribution < 1.29 is 18.8 Å². The van der Waals surface area contributed by atoms with Gasteiger partial charge in [0.1, 0.15) is 12.2 Å². The van der Waals surface area contributed by atoms with Gasteiger partial charge >= 0.3 is 0 Å². The second-order valence-electron chi connectivity index (χ2n) is 9.23. The molecule has 3 aliphatic heterocycles. The van der Waals surface area contributed by atoms with Crippen LogP contribution in [0.2, 0.25) is 0 Å². The zero-order valence-electron chi connectivity index (χ0n) is 21.1. The Labute approximate surface area is 223 Å². The molecule has 0 aliphatic carbocycles. The van der Waals surface area contributed by atoms with Gasteiger partial charge in [-0.05, 0) is 48.4 Å². The van der Waals surface area contributed by atoms with E-state index in [9.17, 15) is 10.1 Å². The number of hydrogen-bond acceptors (Lipinski definition) is 7. The van der Waals surface area contributed by atoms with Crippen molar-refractivity contribution in [3.63, 3.8) is 0 Å². The van der Waals surface area contributed by atoms with Crippen LogP contribution in [-0.4, -0.2) is 52.1 Å². The third kappa shape index (κ3) is 4.03. The number of aryl methyl sites for hydroxylation is 1. The topological polar surface area (TPSA) is 117 Å². The predicted octanol–water partition coefficient (Wildman–Crippen LogP) is 5.28. The summed E-state index contributed by atoms with van der Waals surface area (Å²) >= 11 is 0. The van der Waals surface area contributed by atoms with E-state index in [2.05, 4.69) is 9.98 Å². The number of nitro groups is 1. The van der Waals surface area contributed by atoms with Crippen LogP contribution in [-0.2, 0) is 4.74 Å². The lowest BCUT2D eigenvalue weighted by Gasteiger charge is -2.24. The first-order chi connectivity index (χ1) is 18.9. The van der Waals surface area contributed by atoms with E-state index < -0.39 is 17.0 Å². The van der Waals surface area contributed by atoms with Crippen molar-refractivity contribution >= 4 is 29.1 Å². The van der Waals surface area contributed by atoms with E-state index in [1.807, 2.05) is 29.0 Å². The van der Waals surface area contributed by atoms with Gasteiger partial charge in [-0.3, -0.25) is 15.5 Å². The Morgan fingerprint density at radius 3 is 2.74 bits per heavy atom. The summed E-state index contributed by atoms with van der Waals surface area (Å²) in [6.45, 7) is 2.76. The fraction of sp³-hybridized carbons (Fsp3) is 0.179. The van der Waals surface area contributed by atoms with Gasteiger partial charge in [0.15, 0.2) is 17.8 Å². The SMILES string of the molecule is Cc1cccc(Oc2ccc3c(c2F)C2OCCN2C=C2C(=NC=N)N(C)C(c4ccc([N+](=O)[O-])cc4)=C23)n1. The average molecular weight is 527 g/mol. The van der Waals surface area contributed by atoms with Crippen molar-refractivity contribution in [2.24, 2.45) is 4.99 Å². The van der Waals surface area contributed by atoms with Crippen LogP contribution < -0.4 is 4.74 Å². The molecule has 1 fully saturated rings. The summed E-state index contributed by atoms with van der Waals surface area (Å²) in [5.74, 6) is 0.217. The van der Waals surface area contributed by atoms with Crippen LogP contribution in [0.5, 0.6) is 11.6 Å². The summed E-state index contributed by atoms with van der Waals surface area (Å²) < 4.78 is 28.2. The second-order valence-corrected chi connectivity index (χ2v) is 9.23. The molecule has 0 amide bonds. The molecular weight excluding hydrogens is 503 g/mol. The van der Waals surface area contributed by atoms with Crippen LogP contribution in [0.25, 0.3) is 11.3 Å². The number of amidine groups is 1. The number of non-ortho nitro benzene ring substituents is 1. The van der Waals surface area contributed by atoms with Gasteiger partial charge in [-0.25, -0.2) is 14.4 Å². The third-order valence-corrected chi connectivity index (χ3v) is 6.90. The number of nitrogens with zero attached hydrogens (tertiary/aromatic N) is 5. The molecule has 1 atom stereocenters. The number of nitrogens with one attached hydrogen (secondary N) is 1. The van der Waals surface area contributed by atoms with Crippen molar-refractivity contribution in [1.82, 2.24) is 14.8 Å². The first kappa shape index (κ1) is 24.4. The molecule has 0 radical (unpaired) electrons. The summed E-state index contributed by atoms with van der Waals surface area (Å²) in [6.07, 6.45) is 2.13. The number of rotatable bonds is 5. The number of pyridine rings is 1. The monoisotopic (exact) mass is 526 g/mol. The average Bonchev–Trinajstić information content (AvgIpc) is 3.44. The van der Waals surface area contributed by atoms with E-state index in [1.165, 1.54) is 12.1 Å². The van der Waals surface area contributed by atoms with Crippen LogP contribution in [0.3, 0.4) is 0 Å². The Morgan fingerprint density at radius 1 is 1.23 bits per heavy atom. The molecule has 39 heavy (non-hydrogen) atoms. The van der Waals surface area contributed by atoms with Gasteiger partial charge in [0.05, 0.1) is 17.2 Å². The molecule has 3 aromatic rings. The second kappa shape index (κ2) is 9.44. The highest BCUT2D eigenvalue weighted by Gasteiger charge is 2.42. The molecule has 4 heterocycles. The molecule has 1 aromatic heterocycles. The van der Waals surface area contributed by atoms with Crippen LogP contribution in [0.1, 0.15) is 28.6 Å². The molecular formula is C28H23FN6O4.